The summed E-state index contributed by atoms with van der Waals surface area (Å²) in [6, 6.07) is -0.129. The lowest BCUT2D eigenvalue weighted by Crippen LogP contribution is -2.47. The van der Waals surface area contributed by atoms with Gasteiger partial charge in [-0.05, 0) is 42.6 Å². The maximum absolute atomic E-state index is 11.9. The zero-order chi connectivity index (χ0) is 15.0. The standard InChI is InChI=1S/C15H30N2O2S/c1-15(2,3)7-11-20-10-6-13(16)14(18)17-12-4-8-19-9-5-12/h12-13H,4-11,16H2,1-3H3,(H,17,18). The van der Waals surface area contributed by atoms with E-state index in [1.807, 2.05) is 11.8 Å². The van der Waals surface area contributed by atoms with E-state index in [2.05, 4.69) is 26.1 Å². The van der Waals surface area contributed by atoms with Gasteiger partial charge in [0, 0.05) is 19.3 Å². The third-order valence-electron chi connectivity index (χ3n) is 3.47. The van der Waals surface area contributed by atoms with Crippen molar-refractivity contribution < 1.29 is 9.53 Å². The lowest BCUT2D eigenvalue weighted by atomic mass is 9.94. The molecule has 118 valence electrons. The SMILES string of the molecule is CC(C)(C)CCSCCC(N)C(=O)NC1CCOCC1. The van der Waals surface area contributed by atoms with Gasteiger partial charge in [-0.25, -0.2) is 0 Å². The van der Waals surface area contributed by atoms with Gasteiger partial charge in [0.25, 0.3) is 0 Å². The lowest BCUT2D eigenvalue weighted by molar-refractivity contribution is -0.123. The van der Waals surface area contributed by atoms with Crippen molar-refractivity contribution >= 4 is 17.7 Å². The molecule has 1 saturated heterocycles. The summed E-state index contributed by atoms with van der Waals surface area (Å²) in [7, 11) is 0. The fraction of sp³-hybridized carbons (Fsp3) is 0.933. The van der Waals surface area contributed by atoms with E-state index in [0.29, 0.717) is 5.41 Å². The molecule has 0 spiro atoms. The van der Waals surface area contributed by atoms with Crippen LogP contribution in [-0.4, -0.2) is 42.7 Å². The van der Waals surface area contributed by atoms with Crippen LogP contribution in [0.15, 0.2) is 0 Å². The van der Waals surface area contributed by atoms with E-state index in [9.17, 15) is 4.79 Å². The number of hydrogen-bond donors (Lipinski definition) is 2. The molecule has 0 radical (unpaired) electrons. The number of carbonyl (C=O) groups is 1. The largest absolute Gasteiger partial charge is 0.381 e. The monoisotopic (exact) mass is 302 g/mol. The predicted molar refractivity (Wildman–Crippen MR) is 86.0 cm³/mol. The first-order chi connectivity index (χ1) is 9.38. The van der Waals surface area contributed by atoms with E-state index >= 15 is 0 Å². The number of rotatable bonds is 7. The van der Waals surface area contributed by atoms with Crippen molar-refractivity contribution in [1.82, 2.24) is 5.32 Å². The Bertz CT molecular complexity index is 286. The highest BCUT2D eigenvalue weighted by Crippen LogP contribution is 2.21. The van der Waals surface area contributed by atoms with Crippen molar-refractivity contribution in [2.75, 3.05) is 24.7 Å². The van der Waals surface area contributed by atoms with E-state index in [4.69, 9.17) is 10.5 Å². The molecule has 20 heavy (non-hydrogen) atoms. The fourth-order valence-electron chi connectivity index (χ4n) is 1.97. The number of ether oxygens (including phenoxy) is 1. The zero-order valence-corrected chi connectivity index (χ0v) is 13.9. The molecule has 4 nitrogen and oxygen atoms in total. The molecule has 1 fully saturated rings. The summed E-state index contributed by atoms with van der Waals surface area (Å²) in [5.41, 5.74) is 6.33. The van der Waals surface area contributed by atoms with E-state index < -0.39 is 0 Å². The van der Waals surface area contributed by atoms with Crippen molar-refractivity contribution in [2.45, 2.75) is 58.5 Å². The molecular weight excluding hydrogens is 272 g/mol. The summed E-state index contributed by atoms with van der Waals surface area (Å²) in [5.74, 6) is 2.09. The van der Waals surface area contributed by atoms with Crippen LogP contribution in [0.25, 0.3) is 0 Å². The average Bonchev–Trinajstić information content (AvgIpc) is 2.38. The third-order valence-corrected chi connectivity index (χ3v) is 4.49. The number of hydrogen-bond acceptors (Lipinski definition) is 4. The van der Waals surface area contributed by atoms with Crippen molar-refractivity contribution in [1.29, 1.82) is 0 Å². The van der Waals surface area contributed by atoms with Crippen LogP contribution in [0.1, 0.15) is 46.5 Å². The van der Waals surface area contributed by atoms with Crippen molar-refractivity contribution in [3.63, 3.8) is 0 Å². The topological polar surface area (TPSA) is 64.4 Å². The van der Waals surface area contributed by atoms with Crippen LogP contribution in [-0.2, 0) is 9.53 Å². The summed E-state index contributed by atoms with van der Waals surface area (Å²) in [4.78, 5) is 11.9. The second kappa shape index (κ2) is 8.90. The minimum Gasteiger partial charge on any atom is -0.381 e. The summed E-state index contributed by atoms with van der Waals surface area (Å²) in [6.45, 7) is 8.23. The first kappa shape index (κ1) is 17.8. The molecule has 1 unspecified atom stereocenters. The molecule has 0 aromatic carbocycles. The Hall–Kier alpha value is -0.260. The molecule has 0 aromatic heterocycles. The van der Waals surface area contributed by atoms with E-state index in [0.717, 1.165) is 44.0 Å². The molecule has 5 heteroatoms. The van der Waals surface area contributed by atoms with Crippen LogP contribution in [0, 0.1) is 5.41 Å². The third kappa shape index (κ3) is 8.12. The molecule has 0 aromatic rings. The molecule has 3 N–H and O–H groups in total. The van der Waals surface area contributed by atoms with Gasteiger partial charge in [-0.2, -0.15) is 11.8 Å². The second-order valence-electron chi connectivity index (χ2n) is 6.71. The maximum atomic E-state index is 11.9. The molecule has 1 aliphatic rings. The highest BCUT2D eigenvalue weighted by Gasteiger charge is 2.20. The van der Waals surface area contributed by atoms with Crippen molar-refractivity contribution in [3.8, 4) is 0 Å². The highest BCUT2D eigenvalue weighted by atomic mass is 32.2. The molecule has 0 aliphatic carbocycles. The minimum atomic E-state index is -0.375. The molecule has 1 amide bonds. The van der Waals surface area contributed by atoms with Gasteiger partial charge < -0.3 is 15.8 Å². The van der Waals surface area contributed by atoms with Crippen LogP contribution in [0.5, 0.6) is 0 Å². The van der Waals surface area contributed by atoms with Gasteiger partial charge in [-0.3, -0.25) is 4.79 Å². The summed E-state index contributed by atoms with van der Waals surface area (Å²) in [5, 5.41) is 3.03. The molecule has 1 atom stereocenters. The molecule has 0 bridgehead atoms. The lowest BCUT2D eigenvalue weighted by Gasteiger charge is -2.24. The van der Waals surface area contributed by atoms with Gasteiger partial charge in [0.15, 0.2) is 0 Å². The smallest absolute Gasteiger partial charge is 0.237 e. The van der Waals surface area contributed by atoms with Crippen LogP contribution in [0.3, 0.4) is 0 Å². The quantitative estimate of drug-likeness (QED) is 0.707. The predicted octanol–water partition coefficient (Wildman–Crippen LogP) is 2.17. The van der Waals surface area contributed by atoms with Gasteiger partial charge in [-0.15, -0.1) is 0 Å². The first-order valence-electron chi connectivity index (χ1n) is 7.60. The van der Waals surface area contributed by atoms with E-state index in [1.54, 1.807) is 0 Å². The number of carbonyl (C=O) groups excluding carboxylic acids is 1. The Balaban J connectivity index is 2.08. The van der Waals surface area contributed by atoms with Crippen LogP contribution in [0.2, 0.25) is 0 Å². The molecule has 0 saturated carbocycles. The Morgan fingerprint density at radius 2 is 2.00 bits per heavy atom. The number of thioether (sulfide) groups is 1. The Kier molecular flexibility index (Phi) is 7.92. The number of amides is 1. The normalized spacial score (nSPS) is 18.8. The van der Waals surface area contributed by atoms with Gasteiger partial charge in [-0.1, -0.05) is 20.8 Å². The molecule has 1 rings (SSSR count). The highest BCUT2D eigenvalue weighted by molar-refractivity contribution is 7.99. The number of nitrogens with two attached hydrogens (primary N) is 1. The Labute approximate surface area is 127 Å². The van der Waals surface area contributed by atoms with Gasteiger partial charge in [0.1, 0.15) is 0 Å². The fourth-order valence-corrected chi connectivity index (χ4v) is 3.35. The summed E-state index contributed by atoms with van der Waals surface area (Å²) in [6.07, 6.45) is 3.75. The van der Waals surface area contributed by atoms with Gasteiger partial charge in [0.05, 0.1) is 6.04 Å². The average molecular weight is 302 g/mol. The van der Waals surface area contributed by atoms with Crippen LogP contribution >= 0.6 is 11.8 Å². The molecule has 1 heterocycles. The van der Waals surface area contributed by atoms with Gasteiger partial charge >= 0.3 is 0 Å². The summed E-state index contributed by atoms with van der Waals surface area (Å²) >= 11 is 1.89. The Morgan fingerprint density at radius 1 is 1.35 bits per heavy atom. The summed E-state index contributed by atoms with van der Waals surface area (Å²) < 4.78 is 5.28. The minimum absolute atomic E-state index is 0.00618. The van der Waals surface area contributed by atoms with Crippen LogP contribution < -0.4 is 11.1 Å². The van der Waals surface area contributed by atoms with E-state index in [1.165, 1.54) is 6.42 Å². The van der Waals surface area contributed by atoms with E-state index in [-0.39, 0.29) is 18.0 Å². The number of nitrogens with one attached hydrogen (secondary N) is 1. The van der Waals surface area contributed by atoms with Crippen LogP contribution in [0.4, 0.5) is 0 Å². The maximum Gasteiger partial charge on any atom is 0.237 e. The molecular formula is C15H30N2O2S. The second-order valence-corrected chi connectivity index (χ2v) is 7.94. The molecule has 1 aliphatic heterocycles. The Morgan fingerprint density at radius 3 is 2.60 bits per heavy atom. The first-order valence-corrected chi connectivity index (χ1v) is 8.75. The van der Waals surface area contributed by atoms with Gasteiger partial charge in [0.2, 0.25) is 5.91 Å². The zero-order valence-electron chi connectivity index (χ0n) is 13.1. The van der Waals surface area contributed by atoms with Crippen molar-refractivity contribution in [2.24, 2.45) is 11.1 Å². The van der Waals surface area contributed by atoms with Crippen molar-refractivity contribution in [3.05, 3.63) is 0 Å².